The molecule has 0 bridgehead atoms. The van der Waals surface area contributed by atoms with Gasteiger partial charge in [0, 0.05) is 5.39 Å². The van der Waals surface area contributed by atoms with Gasteiger partial charge in [0.25, 0.3) is 0 Å². The van der Waals surface area contributed by atoms with Gasteiger partial charge in [0.05, 0.1) is 5.92 Å². The molecule has 7 heteroatoms. The van der Waals surface area contributed by atoms with Crippen molar-refractivity contribution in [1.29, 1.82) is 0 Å². The molecule has 0 aliphatic carbocycles. The molecule has 0 aliphatic rings. The van der Waals surface area contributed by atoms with Crippen LogP contribution in [0, 0.1) is 0 Å². The smallest absolute Gasteiger partial charge is 0.240 e. The number of sulfonamides is 1. The molecule has 2 aromatic carbocycles. The van der Waals surface area contributed by atoms with Crippen molar-refractivity contribution in [2.75, 3.05) is 0 Å². The second-order valence-corrected chi connectivity index (χ2v) is 7.21. The van der Waals surface area contributed by atoms with E-state index in [1.807, 2.05) is 6.07 Å². The first-order valence-corrected chi connectivity index (χ1v) is 9.04. The lowest BCUT2D eigenvalue weighted by Gasteiger charge is -2.12. The monoisotopic (exact) mass is 344 g/mol. The van der Waals surface area contributed by atoms with Gasteiger partial charge in [0.15, 0.2) is 5.58 Å². The Hall–Kier alpha value is -2.67. The van der Waals surface area contributed by atoms with Crippen molar-refractivity contribution in [3.05, 3.63) is 65.9 Å². The molecule has 3 rings (SSSR count). The summed E-state index contributed by atoms with van der Waals surface area (Å²) < 4.78 is 31.7. The van der Waals surface area contributed by atoms with Crippen LogP contribution >= 0.6 is 0 Å². The van der Waals surface area contributed by atoms with Crippen LogP contribution in [0.1, 0.15) is 24.1 Å². The van der Waals surface area contributed by atoms with Crippen LogP contribution in [0.5, 0.6) is 0 Å². The Balaban J connectivity index is 1.75. The first-order valence-electron chi connectivity index (χ1n) is 7.39. The van der Waals surface area contributed by atoms with E-state index in [1.54, 1.807) is 55.5 Å². The lowest BCUT2D eigenvalue weighted by Crippen LogP contribution is -2.34. The standard InChI is InChI=1S/C17H16N2O4S/c1-12(13-7-3-2-4-8-13)17(20)19-24(21,22)11-15-14-9-5-6-10-16(14)23-18-15/h2-10,12H,11H2,1H3,(H,19,20)/t12-/m0/s1. The summed E-state index contributed by atoms with van der Waals surface area (Å²) in [7, 11) is -3.87. The number of hydrogen-bond acceptors (Lipinski definition) is 5. The lowest BCUT2D eigenvalue weighted by atomic mass is 10.0. The first kappa shape index (κ1) is 16.2. The van der Waals surface area contributed by atoms with Gasteiger partial charge in [0.1, 0.15) is 11.4 Å². The number of amides is 1. The summed E-state index contributed by atoms with van der Waals surface area (Å²) in [5.74, 6) is -1.57. The maximum absolute atomic E-state index is 12.3. The molecule has 0 unspecified atom stereocenters. The van der Waals surface area contributed by atoms with Crippen molar-refractivity contribution in [2.24, 2.45) is 0 Å². The predicted octanol–water partition coefficient (Wildman–Crippen LogP) is 2.58. The summed E-state index contributed by atoms with van der Waals surface area (Å²) in [6.45, 7) is 1.66. The zero-order valence-electron chi connectivity index (χ0n) is 13.0. The van der Waals surface area contributed by atoms with E-state index < -0.39 is 27.6 Å². The van der Waals surface area contributed by atoms with Crippen LogP contribution in [0.15, 0.2) is 59.1 Å². The molecule has 1 N–H and O–H groups in total. The van der Waals surface area contributed by atoms with E-state index in [4.69, 9.17) is 4.52 Å². The molecule has 0 aliphatic heterocycles. The number of aromatic nitrogens is 1. The van der Waals surface area contributed by atoms with Crippen molar-refractivity contribution in [2.45, 2.75) is 18.6 Å². The molecule has 1 amide bonds. The van der Waals surface area contributed by atoms with Crippen molar-refractivity contribution < 1.29 is 17.7 Å². The average molecular weight is 344 g/mol. The van der Waals surface area contributed by atoms with Gasteiger partial charge >= 0.3 is 0 Å². The molecule has 6 nitrogen and oxygen atoms in total. The van der Waals surface area contributed by atoms with Gasteiger partial charge in [-0.15, -0.1) is 0 Å². The van der Waals surface area contributed by atoms with Crippen LogP contribution < -0.4 is 4.72 Å². The highest BCUT2D eigenvalue weighted by Crippen LogP contribution is 2.20. The first-order chi connectivity index (χ1) is 11.5. The highest BCUT2D eigenvalue weighted by Gasteiger charge is 2.23. The molecule has 0 spiro atoms. The predicted molar refractivity (Wildman–Crippen MR) is 89.6 cm³/mol. The molecular formula is C17H16N2O4S. The molecule has 24 heavy (non-hydrogen) atoms. The van der Waals surface area contributed by atoms with Crippen molar-refractivity contribution in [3.63, 3.8) is 0 Å². The van der Waals surface area contributed by atoms with E-state index in [0.29, 0.717) is 11.0 Å². The van der Waals surface area contributed by atoms with Gasteiger partial charge in [-0.1, -0.05) is 47.6 Å². The third-order valence-corrected chi connectivity index (χ3v) is 4.89. The second-order valence-electron chi connectivity index (χ2n) is 5.48. The number of rotatable bonds is 5. The number of para-hydroxylation sites is 1. The summed E-state index contributed by atoms with van der Waals surface area (Å²) in [5, 5.41) is 4.40. The fourth-order valence-electron chi connectivity index (χ4n) is 2.39. The van der Waals surface area contributed by atoms with Gasteiger partial charge in [0.2, 0.25) is 15.9 Å². The molecular weight excluding hydrogens is 328 g/mol. The van der Waals surface area contributed by atoms with Crippen molar-refractivity contribution in [1.82, 2.24) is 9.88 Å². The van der Waals surface area contributed by atoms with Gasteiger partial charge in [-0.05, 0) is 24.6 Å². The van der Waals surface area contributed by atoms with Crippen LogP contribution in [0.25, 0.3) is 11.0 Å². The Labute approximate surface area is 139 Å². The number of carbonyl (C=O) groups is 1. The summed E-state index contributed by atoms with van der Waals surface area (Å²) in [4.78, 5) is 12.2. The van der Waals surface area contributed by atoms with Crippen LogP contribution in [0.2, 0.25) is 0 Å². The van der Waals surface area contributed by atoms with E-state index in [9.17, 15) is 13.2 Å². The molecule has 124 valence electrons. The fraction of sp³-hybridized carbons (Fsp3) is 0.176. The number of nitrogens with one attached hydrogen (secondary N) is 1. The van der Waals surface area contributed by atoms with Gasteiger partial charge in [-0.3, -0.25) is 9.52 Å². The second kappa shape index (κ2) is 6.45. The Kier molecular flexibility index (Phi) is 4.35. The summed E-state index contributed by atoms with van der Waals surface area (Å²) in [5.41, 5.74) is 1.53. The maximum atomic E-state index is 12.3. The minimum Gasteiger partial charge on any atom is -0.356 e. The van der Waals surface area contributed by atoms with E-state index in [-0.39, 0.29) is 5.69 Å². The van der Waals surface area contributed by atoms with E-state index >= 15 is 0 Å². The normalized spacial score (nSPS) is 12.9. The summed E-state index contributed by atoms with van der Waals surface area (Å²) >= 11 is 0. The zero-order valence-corrected chi connectivity index (χ0v) is 13.8. The number of fused-ring (bicyclic) bond motifs is 1. The lowest BCUT2D eigenvalue weighted by molar-refractivity contribution is -0.120. The molecule has 3 aromatic rings. The average Bonchev–Trinajstić information content (AvgIpc) is 2.97. The molecule has 1 heterocycles. The topological polar surface area (TPSA) is 89.3 Å². The highest BCUT2D eigenvalue weighted by molar-refractivity contribution is 7.89. The Bertz CT molecular complexity index is 964. The summed E-state index contributed by atoms with van der Waals surface area (Å²) in [6.07, 6.45) is 0. The van der Waals surface area contributed by atoms with Crippen LogP contribution in [-0.2, 0) is 20.6 Å². The van der Waals surface area contributed by atoms with Crippen LogP contribution in [-0.4, -0.2) is 19.5 Å². The quantitative estimate of drug-likeness (QED) is 0.768. The number of benzene rings is 2. The summed E-state index contributed by atoms with van der Waals surface area (Å²) in [6, 6.07) is 16.0. The Morgan fingerprint density at radius 1 is 1.12 bits per heavy atom. The molecule has 1 aromatic heterocycles. The molecule has 0 saturated heterocycles. The third kappa shape index (κ3) is 3.46. The van der Waals surface area contributed by atoms with E-state index in [2.05, 4.69) is 9.88 Å². The van der Waals surface area contributed by atoms with Gasteiger partial charge in [-0.2, -0.15) is 0 Å². The Morgan fingerprint density at radius 3 is 2.54 bits per heavy atom. The fourth-order valence-corrected chi connectivity index (χ4v) is 3.52. The molecule has 1 atom stereocenters. The zero-order chi connectivity index (χ0) is 17.2. The van der Waals surface area contributed by atoms with E-state index in [1.165, 1.54) is 0 Å². The minimum absolute atomic E-state index is 0.276. The van der Waals surface area contributed by atoms with Crippen molar-refractivity contribution in [3.8, 4) is 0 Å². The van der Waals surface area contributed by atoms with Gasteiger partial charge in [-0.25, -0.2) is 8.42 Å². The minimum atomic E-state index is -3.87. The highest BCUT2D eigenvalue weighted by atomic mass is 32.2. The molecule has 0 fully saturated rings. The Morgan fingerprint density at radius 2 is 1.79 bits per heavy atom. The number of nitrogens with zero attached hydrogens (tertiary/aromatic N) is 1. The maximum Gasteiger partial charge on any atom is 0.240 e. The number of hydrogen-bond donors (Lipinski definition) is 1. The van der Waals surface area contributed by atoms with Crippen molar-refractivity contribution >= 4 is 26.9 Å². The third-order valence-electron chi connectivity index (χ3n) is 3.73. The van der Waals surface area contributed by atoms with Crippen LogP contribution in [0.4, 0.5) is 0 Å². The number of carbonyl (C=O) groups excluding carboxylic acids is 1. The van der Waals surface area contributed by atoms with E-state index in [0.717, 1.165) is 5.56 Å². The van der Waals surface area contributed by atoms with Crippen LogP contribution in [0.3, 0.4) is 0 Å². The van der Waals surface area contributed by atoms with Gasteiger partial charge < -0.3 is 4.52 Å². The molecule has 0 radical (unpaired) electrons. The molecule has 0 saturated carbocycles. The largest absolute Gasteiger partial charge is 0.356 e. The SMILES string of the molecule is C[C@H](C(=O)NS(=O)(=O)Cc1noc2ccccc12)c1ccccc1.